The summed E-state index contributed by atoms with van der Waals surface area (Å²) in [6, 6.07) is 5.58. The Morgan fingerprint density at radius 2 is 1.86 bits per heavy atom. The summed E-state index contributed by atoms with van der Waals surface area (Å²) in [6.45, 7) is 11.6. The Kier molecular flexibility index (Phi) is 16.3. The molecule has 1 rings (SSSR count). The van der Waals surface area contributed by atoms with Crippen molar-refractivity contribution in [3.63, 3.8) is 0 Å². The highest BCUT2D eigenvalue weighted by atomic mass is 35.5. The van der Waals surface area contributed by atoms with Gasteiger partial charge in [-0.3, -0.25) is 4.79 Å². The van der Waals surface area contributed by atoms with Crippen LogP contribution in [0.5, 0.6) is 11.5 Å². The Morgan fingerprint density at radius 3 is 2.43 bits per heavy atom. The topological polar surface area (TPSA) is 103 Å². The molecule has 0 radical (unpaired) electrons. The molecule has 0 heterocycles. The van der Waals surface area contributed by atoms with Crippen molar-refractivity contribution in [1.82, 2.24) is 5.32 Å². The molecule has 0 spiro atoms. The molecule has 204 valence electrons. The van der Waals surface area contributed by atoms with Gasteiger partial charge in [-0.05, 0) is 48.8 Å². The molecule has 1 aromatic rings. The highest BCUT2D eigenvalue weighted by Gasteiger charge is 2.28. The van der Waals surface area contributed by atoms with E-state index in [-0.39, 0.29) is 30.8 Å². The quantitative estimate of drug-likeness (QED) is 0.266. The fraction of sp³-hybridized carbons (Fsp3) is 0.741. The van der Waals surface area contributed by atoms with Gasteiger partial charge in [-0.15, -0.1) is 12.4 Å². The predicted octanol–water partition coefficient (Wildman–Crippen LogP) is 4.37. The first kappa shape index (κ1) is 33.5. The molecule has 0 aliphatic rings. The van der Waals surface area contributed by atoms with Gasteiger partial charge in [-0.25, -0.2) is 0 Å². The van der Waals surface area contributed by atoms with Gasteiger partial charge in [0.05, 0.1) is 19.8 Å². The number of hydrogen-bond acceptors (Lipinski definition) is 6. The standard InChI is InChI=1S/C27H48N2O5.ClH/c1-8-12-27(4,5)26(31)29-18-23(30)22(28)17-21(19(2)3)15-20-10-11-24(33-7)25(16-20)34-14-9-13-32-6;/h10-11,16,19,21-23,30H,8-9,12-15,17-18,28H2,1-7H3,(H,29,31);1H. The number of halogens is 1. The molecule has 0 fully saturated rings. The number of nitrogens with one attached hydrogen (secondary N) is 1. The summed E-state index contributed by atoms with van der Waals surface area (Å²) in [5, 5.41) is 13.5. The molecule has 4 N–H and O–H groups in total. The van der Waals surface area contributed by atoms with E-state index in [1.54, 1.807) is 14.2 Å². The largest absolute Gasteiger partial charge is 0.493 e. The lowest BCUT2D eigenvalue weighted by atomic mass is 9.83. The van der Waals surface area contributed by atoms with Gasteiger partial charge in [0.25, 0.3) is 0 Å². The highest BCUT2D eigenvalue weighted by Crippen LogP contribution is 2.31. The Bertz CT molecular complexity index is 730. The van der Waals surface area contributed by atoms with Gasteiger partial charge in [0.15, 0.2) is 11.5 Å². The van der Waals surface area contributed by atoms with E-state index >= 15 is 0 Å². The molecular weight excluding hydrogens is 468 g/mol. The van der Waals surface area contributed by atoms with Crippen molar-refractivity contribution >= 4 is 18.3 Å². The van der Waals surface area contributed by atoms with Crippen molar-refractivity contribution in [2.45, 2.75) is 78.9 Å². The van der Waals surface area contributed by atoms with Crippen LogP contribution in [0.1, 0.15) is 65.9 Å². The summed E-state index contributed by atoms with van der Waals surface area (Å²) in [5.74, 6) is 2.03. The Morgan fingerprint density at radius 1 is 1.17 bits per heavy atom. The molecular formula is C27H49ClN2O5. The van der Waals surface area contributed by atoms with Crippen molar-refractivity contribution < 1.29 is 24.1 Å². The van der Waals surface area contributed by atoms with E-state index in [2.05, 4.69) is 26.1 Å². The van der Waals surface area contributed by atoms with Gasteiger partial charge in [0, 0.05) is 38.1 Å². The first-order valence-electron chi connectivity index (χ1n) is 12.6. The molecule has 0 saturated heterocycles. The lowest BCUT2D eigenvalue weighted by Gasteiger charge is -2.29. The molecule has 0 aromatic heterocycles. The van der Waals surface area contributed by atoms with Gasteiger partial charge in [0.1, 0.15) is 0 Å². The third-order valence-corrected chi connectivity index (χ3v) is 6.45. The van der Waals surface area contributed by atoms with Crippen LogP contribution in [0.25, 0.3) is 0 Å². The fourth-order valence-corrected chi connectivity index (χ4v) is 4.07. The van der Waals surface area contributed by atoms with Crippen molar-refractivity contribution in [3.05, 3.63) is 23.8 Å². The number of nitrogens with two attached hydrogens (primary N) is 1. The average Bonchev–Trinajstić information content (AvgIpc) is 2.79. The number of benzene rings is 1. The molecule has 0 saturated carbocycles. The zero-order valence-electron chi connectivity index (χ0n) is 22.8. The van der Waals surface area contributed by atoms with Crippen LogP contribution < -0.4 is 20.5 Å². The Hall–Kier alpha value is -1.54. The van der Waals surface area contributed by atoms with Crippen LogP contribution in [0.3, 0.4) is 0 Å². The number of carbonyl (C=O) groups is 1. The van der Waals surface area contributed by atoms with E-state index < -0.39 is 17.6 Å². The van der Waals surface area contributed by atoms with E-state index in [1.165, 1.54) is 0 Å². The van der Waals surface area contributed by atoms with Crippen LogP contribution in [0, 0.1) is 17.3 Å². The van der Waals surface area contributed by atoms with Crippen molar-refractivity contribution in [2.24, 2.45) is 23.0 Å². The lowest BCUT2D eigenvalue weighted by Crippen LogP contribution is -2.47. The highest BCUT2D eigenvalue weighted by molar-refractivity contribution is 5.85. The summed E-state index contributed by atoms with van der Waals surface area (Å²) < 4.78 is 16.5. The average molecular weight is 517 g/mol. The van der Waals surface area contributed by atoms with Crippen LogP contribution in [0.15, 0.2) is 18.2 Å². The fourth-order valence-electron chi connectivity index (χ4n) is 4.07. The number of amides is 1. The minimum absolute atomic E-state index is 0. The molecule has 7 nitrogen and oxygen atoms in total. The maximum absolute atomic E-state index is 12.5. The minimum Gasteiger partial charge on any atom is -0.493 e. The molecule has 0 aliphatic carbocycles. The number of aliphatic hydroxyl groups excluding tert-OH is 1. The van der Waals surface area contributed by atoms with Crippen molar-refractivity contribution in [1.29, 1.82) is 0 Å². The van der Waals surface area contributed by atoms with Crippen molar-refractivity contribution in [2.75, 3.05) is 34.0 Å². The predicted molar refractivity (Wildman–Crippen MR) is 145 cm³/mol. The van der Waals surface area contributed by atoms with Crippen LogP contribution in [-0.2, 0) is 16.0 Å². The molecule has 0 aliphatic heterocycles. The maximum atomic E-state index is 12.5. The zero-order chi connectivity index (χ0) is 25.7. The maximum Gasteiger partial charge on any atom is 0.225 e. The van der Waals surface area contributed by atoms with Gasteiger partial charge in [-0.1, -0.05) is 47.1 Å². The summed E-state index contributed by atoms with van der Waals surface area (Å²) in [5.41, 5.74) is 7.06. The normalized spacial score (nSPS) is 14.1. The van der Waals surface area contributed by atoms with Crippen LogP contribution in [0.4, 0.5) is 0 Å². The van der Waals surface area contributed by atoms with E-state index in [1.807, 2.05) is 32.0 Å². The third kappa shape index (κ3) is 11.8. The summed E-state index contributed by atoms with van der Waals surface area (Å²) >= 11 is 0. The lowest BCUT2D eigenvalue weighted by molar-refractivity contribution is -0.130. The van der Waals surface area contributed by atoms with Gasteiger partial charge < -0.3 is 30.4 Å². The zero-order valence-corrected chi connectivity index (χ0v) is 23.6. The SMILES string of the molecule is CCCC(C)(C)C(=O)NCC(O)C(N)CC(Cc1ccc(OC)c(OCCCOC)c1)C(C)C.Cl. The third-order valence-electron chi connectivity index (χ3n) is 6.45. The van der Waals surface area contributed by atoms with Crippen LogP contribution >= 0.6 is 12.4 Å². The summed E-state index contributed by atoms with van der Waals surface area (Å²) in [6.07, 6.45) is 3.21. The molecule has 35 heavy (non-hydrogen) atoms. The number of hydrogen-bond donors (Lipinski definition) is 3. The Labute approximate surface area is 218 Å². The number of rotatable bonds is 17. The van der Waals surface area contributed by atoms with Crippen LogP contribution in [0.2, 0.25) is 0 Å². The van der Waals surface area contributed by atoms with E-state index in [4.69, 9.17) is 19.9 Å². The first-order chi connectivity index (χ1) is 16.0. The van der Waals surface area contributed by atoms with E-state index in [0.717, 1.165) is 37.0 Å². The number of ether oxygens (including phenoxy) is 3. The van der Waals surface area contributed by atoms with Gasteiger partial charge >= 0.3 is 0 Å². The molecule has 1 aromatic carbocycles. The number of methoxy groups -OCH3 is 2. The molecule has 8 heteroatoms. The van der Waals surface area contributed by atoms with Gasteiger partial charge in [0.2, 0.25) is 5.91 Å². The van der Waals surface area contributed by atoms with Crippen molar-refractivity contribution in [3.8, 4) is 11.5 Å². The Balaban J connectivity index is 0.0000116. The summed E-state index contributed by atoms with van der Waals surface area (Å²) in [7, 11) is 3.31. The molecule has 0 bridgehead atoms. The monoisotopic (exact) mass is 516 g/mol. The number of carbonyl (C=O) groups excluding carboxylic acids is 1. The second-order valence-electron chi connectivity index (χ2n) is 10.2. The smallest absolute Gasteiger partial charge is 0.225 e. The molecule has 3 atom stereocenters. The summed E-state index contributed by atoms with van der Waals surface area (Å²) in [4.78, 5) is 12.5. The van der Waals surface area contributed by atoms with E-state index in [9.17, 15) is 9.90 Å². The van der Waals surface area contributed by atoms with Gasteiger partial charge in [-0.2, -0.15) is 0 Å². The first-order valence-corrected chi connectivity index (χ1v) is 12.6. The van der Waals surface area contributed by atoms with E-state index in [0.29, 0.717) is 31.3 Å². The number of aliphatic hydroxyl groups is 1. The molecule has 3 unspecified atom stereocenters. The second-order valence-corrected chi connectivity index (χ2v) is 10.2. The van der Waals surface area contributed by atoms with Crippen LogP contribution in [-0.4, -0.2) is 57.1 Å². The second kappa shape index (κ2) is 17.0. The minimum atomic E-state index is -0.793. The molecule has 1 amide bonds.